The van der Waals surface area contributed by atoms with Crippen molar-refractivity contribution in [3.8, 4) is 0 Å². The van der Waals surface area contributed by atoms with Crippen LogP contribution >= 0.6 is 0 Å². The zero-order valence-electron chi connectivity index (χ0n) is 16.2. The first-order chi connectivity index (χ1) is 12.5. The number of rotatable bonds is 5. The van der Waals surface area contributed by atoms with Gasteiger partial charge < -0.3 is 14.6 Å². The summed E-state index contributed by atoms with van der Waals surface area (Å²) >= 11 is 0. The van der Waals surface area contributed by atoms with Gasteiger partial charge in [0.2, 0.25) is 0 Å². The lowest BCUT2D eigenvalue weighted by atomic mass is 9.75. The predicted molar refractivity (Wildman–Crippen MR) is 97.5 cm³/mol. The van der Waals surface area contributed by atoms with Crippen LogP contribution in [0.15, 0.2) is 24.3 Å². The third-order valence-electron chi connectivity index (χ3n) is 4.76. The van der Waals surface area contributed by atoms with Crippen LogP contribution in [0.5, 0.6) is 0 Å². The van der Waals surface area contributed by atoms with Crippen LogP contribution in [0.25, 0.3) is 0 Å². The Kier molecular flexibility index (Phi) is 8.40. The molecule has 0 aromatic carbocycles. The van der Waals surface area contributed by atoms with E-state index in [2.05, 4.69) is 38.7 Å². The highest BCUT2D eigenvalue weighted by molar-refractivity contribution is 6.05. The highest BCUT2D eigenvalue weighted by atomic mass is 16.6. The van der Waals surface area contributed by atoms with Gasteiger partial charge in [0, 0.05) is 11.1 Å². The smallest absolute Gasteiger partial charge is 0.341 e. The van der Waals surface area contributed by atoms with Gasteiger partial charge in [-0.05, 0) is 30.6 Å². The minimum absolute atomic E-state index is 0.0544. The van der Waals surface area contributed by atoms with Crippen molar-refractivity contribution in [1.82, 2.24) is 0 Å². The SMILES string of the molecule is C=C(CC(=O)OC1CC(C)CCC1C(C)C)C(=O)O.C=C1CC(=O)OC1=O. The topological polar surface area (TPSA) is 107 Å². The fraction of sp³-hybridized carbons (Fsp3) is 0.600. The highest BCUT2D eigenvalue weighted by Crippen LogP contribution is 2.35. The van der Waals surface area contributed by atoms with Gasteiger partial charge in [-0.1, -0.05) is 40.3 Å². The lowest BCUT2D eigenvalue weighted by Crippen LogP contribution is -2.36. The molecule has 0 amide bonds. The minimum atomic E-state index is -1.14. The van der Waals surface area contributed by atoms with Gasteiger partial charge in [0.05, 0.1) is 12.8 Å². The van der Waals surface area contributed by atoms with Gasteiger partial charge >= 0.3 is 23.9 Å². The first kappa shape index (κ1) is 22.6. The maximum absolute atomic E-state index is 11.8. The molecule has 0 aromatic heterocycles. The number of aliphatic carboxylic acids is 1. The average Bonchev–Trinajstić information content (AvgIpc) is 2.83. The fourth-order valence-electron chi connectivity index (χ4n) is 3.17. The largest absolute Gasteiger partial charge is 0.478 e. The molecular weight excluding hydrogens is 352 g/mol. The summed E-state index contributed by atoms with van der Waals surface area (Å²) in [5.41, 5.74) is 0.130. The summed E-state index contributed by atoms with van der Waals surface area (Å²) in [5, 5.41) is 8.71. The zero-order valence-corrected chi connectivity index (χ0v) is 16.2. The second kappa shape index (κ2) is 10.0. The number of cyclic esters (lactones) is 2. The van der Waals surface area contributed by atoms with Gasteiger partial charge in [-0.2, -0.15) is 0 Å². The zero-order chi connectivity index (χ0) is 20.7. The summed E-state index contributed by atoms with van der Waals surface area (Å²) in [6, 6.07) is 0. The fourth-order valence-corrected chi connectivity index (χ4v) is 3.17. The summed E-state index contributed by atoms with van der Waals surface area (Å²) in [6.07, 6.45) is 2.84. The van der Waals surface area contributed by atoms with Crippen LogP contribution in [0.4, 0.5) is 0 Å². The monoisotopic (exact) mass is 380 g/mol. The minimum Gasteiger partial charge on any atom is -0.478 e. The van der Waals surface area contributed by atoms with Crippen LogP contribution in [0, 0.1) is 17.8 Å². The Morgan fingerprint density at radius 2 is 1.93 bits per heavy atom. The van der Waals surface area contributed by atoms with E-state index in [9.17, 15) is 19.2 Å². The highest BCUT2D eigenvalue weighted by Gasteiger charge is 2.33. The Morgan fingerprint density at radius 3 is 2.33 bits per heavy atom. The van der Waals surface area contributed by atoms with E-state index < -0.39 is 23.9 Å². The molecule has 0 spiro atoms. The molecule has 1 aliphatic carbocycles. The lowest BCUT2D eigenvalue weighted by molar-refractivity contribution is -0.156. The Morgan fingerprint density at radius 1 is 1.30 bits per heavy atom. The maximum Gasteiger partial charge on any atom is 0.341 e. The maximum atomic E-state index is 11.8. The summed E-state index contributed by atoms with van der Waals surface area (Å²) in [7, 11) is 0. The standard InChI is InChI=1S/C15H24O4.C5H4O3/c1-9(2)12-6-5-10(3)7-13(12)19-14(16)8-11(4)15(17)18;1-3-2-4(6)8-5(3)7/h9-10,12-13H,4-8H2,1-3H3,(H,17,18);1-2H2. The van der Waals surface area contributed by atoms with E-state index in [1.54, 1.807) is 0 Å². The van der Waals surface area contributed by atoms with Crippen molar-refractivity contribution < 1.29 is 33.8 Å². The van der Waals surface area contributed by atoms with Crippen molar-refractivity contribution >= 4 is 23.9 Å². The first-order valence-corrected chi connectivity index (χ1v) is 9.04. The van der Waals surface area contributed by atoms with Crippen LogP contribution in [0.3, 0.4) is 0 Å². The summed E-state index contributed by atoms with van der Waals surface area (Å²) in [4.78, 5) is 42.8. The molecule has 3 unspecified atom stereocenters. The number of carbonyl (C=O) groups excluding carboxylic acids is 3. The first-order valence-electron chi connectivity index (χ1n) is 9.04. The molecule has 1 saturated carbocycles. The molecule has 2 rings (SSSR count). The van der Waals surface area contributed by atoms with Gasteiger partial charge in [0.25, 0.3) is 0 Å². The number of hydrogen-bond acceptors (Lipinski definition) is 6. The van der Waals surface area contributed by atoms with Crippen molar-refractivity contribution in [3.63, 3.8) is 0 Å². The molecule has 150 valence electrons. The third-order valence-corrected chi connectivity index (χ3v) is 4.76. The van der Waals surface area contributed by atoms with Gasteiger partial charge in [0.15, 0.2) is 0 Å². The summed E-state index contributed by atoms with van der Waals surface area (Å²) in [6.45, 7) is 13.1. The normalized spacial score (nSPS) is 24.7. The van der Waals surface area contributed by atoms with Crippen molar-refractivity contribution in [2.75, 3.05) is 0 Å². The molecule has 0 bridgehead atoms. The Balaban J connectivity index is 0.000000377. The number of carbonyl (C=O) groups is 4. The molecule has 1 saturated heterocycles. The van der Waals surface area contributed by atoms with E-state index in [1.807, 2.05) is 0 Å². The molecular formula is C20H28O7. The van der Waals surface area contributed by atoms with Crippen LogP contribution in [0.2, 0.25) is 0 Å². The number of esters is 3. The van der Waals surface area contributed by atoms with E-state index >= 15 is 0 Å². The van der Waals surface area contributed by atoms with Crippen LogP contribution < -0.4 is 0 Å². The van der Waals surface area contributed by atoms with Crippen molar-refractivity contribution in [2.45, 2.75) is 59.0 Å². The van der Waals surface area contributed by atoms with Gasteiger partial charge in [0.1, 0.15) is 6.10 Å². The lowest BCUT2D eigenvalue weighted by Gasteiger charge is -2.36. The third kappa shape index (κ3) is 7.37. The summed E-state index contributed by atoms with van der Waals surface area (Å²) in [5.74, 6) is -1.32. The second-order valence-electron chi connectivity index (χ2n) is 7.48. The number of hydrogen-bond donors (Lipinski definition) is 1. The van der Waals surface area contributed by atoms with E-state index in [4.69, 9.17) is 9.84 Å². The number of carboxylic acid groups (broad SMARTS) is 1. The molecule has 27 heavy (non-hydrogen) atoms. The predicted octanol–water partition coefficient (Wildman–Crippen LogP) is 3.04. The molecule has 7 nitrogen and oxygen atoms in total. The quantitative estimate of drug-likeness (QED) is 0.444. The Bertz CT molecular complexity index is 614. The van der Waals surface area contributed by atoms with Crippen LogP contribution in [-0.4, -0.2) is 35.1 Å². The Hall–Kier alpha value is -2.44. The molecule has 2 aliphatic rings. The van der Waals surface area contributed by atoms with Crippen LogP contribution in [0.1, 0.15) is 52.9 Å². The van der Waals surface area contributed by atoms with Crippen molar-refractivity contribution in [3.05, 3.63) is 24.3 Å². The summed E-state index contributed by atoms with van der Waals surface area (Å²) < 4.78 is 9.59. The molecule has 7 heteroatoms. The van der Waals surface area contributed by atoms with E-state index in [0.29, 0.717) is 17.8 Å². The number of ether oxygens (including phenoxy) is 2. The van der Waals surface area contributed by atoms with E-state index in [-0.39, 0.29) is 30.1 Å². The average molecular weight is 380 g/mol. The molecule has 0 aromatic rings. The molecule has 1 aliphatic heterocycles. The van der Waals surface area contributed by atoms with Crippen LogP contribution in [-0.2, 0) is 28.7 Å². The van der Waals surface area contributed by atoms with Gasteiger partial charge in [-0.25, -0.2) is 9.59 Å². The van der Waals surface area contributed by atoms with Crippen molar-refractivity contribution in [2.24, 2.45) is 17.8 Å². The van der Waals surface area contributed by atoms with Gasteiger partial charge in [-0.15, -0.1) is 0 Å². The molecule has 1 heterocycles. The van der Waals surface area contributed by atoms with Gasteiger partial charge in [-0.3, -0.25) is 9.59 Å². The molecule has 0 radical (unpaired) electrons. The second-order valence-corrected chi connectivity index (χ2v) is 7.48. The number of carboxylic acids is 1. The Labute approximate surface area is 159 Å². The van der Waals surface area contributed by atoms with Crippen molar-refractivity contribution in [1.29, 1.82) is 0 Å². The molecule has 1 N–H and O–H groups in total. The molecule has 2 fully saturated rings. The van der Waals surface area contributed by atoms with E-state index in [0.717, 1.165) is 12.8 Å². The molecule has 3 atom stereocenters. The van der Waals surface area contributed by atoms with E-state index in [1.165, 1.54) is 6.42 Å².